The molecule has 2 N–H and O–H groups in total. The number of hydrogen-bond donors (Lipinski definition) is 2. The lowest BCUT2D eigenvalue weighted by molar-refractivity contribution is -0.143. The van der Waals surface area contributed by atoms with Crippen molar-refractivity contribution in [1.82, 2.24) is 10.4 Å². The summed E-state index contributed by atoms with van der Waals surface area (Å²) < 4.78 is 4.99. The third kappa shape index (κ3) is 5.79. The van der Waals surface area contributed by atoms with Crippen LogP contribution < -0.4 is 10.9 Å². The van der Waals surface area contributed by atoms with Crippen molar-refractivity contribution in [3.63, 3.8) is 0 Å². The van der Waals surface area contributed by atoms with Crippen LogP contribution in [0.4, 0.5) is 5.13 Å². The Morgan fingerprint density at radius 2 is 1.79 bits per heavy atom. The number of nitrogens with zero attached hydrogens (tertiary/aromatic N) is 1. The summed E-state index contributed by atoms with van der Waals surface area (Å²) in [4.78, 5) is 17.5. The molecule has 1 unspecified atom stereocenters. The van der Waals surface area contributed by atoms with Crippen LogP contribution in [0.1, 0.15) is 25.8 Å². The van der Waals surface area contributed by atoms with Crippen molar-refractivity contribution in [3.05, 3.63) is 59.1 Å². The van der Waals surface area contributed by atoms with Gasteiger partial charge in [-0.2, -0.15) is 0 Å². The van der Waals surface area contributed by atoms with Gasteiger partial charge in [0.15, 0.2) is 5.13 Å². The molecular weight excluding hydrogens is 406 g/mol. The SMILES string of the molecule is CCOC(=O)CC(C)NNc1nc(-c2ccc(Cl)cc2)c(-c2ccc(C)cc2)s1. The fraction of sp³-hybridized carbons (Fsp3) is 0.273. The minimum atomic E-state index is -0.226. The van der Waals surface area contributed by atoms with Gasteiger partial charge >= 0.3 is 5.97 Å². The molecule has 0 saturated carbocycles. The van der Waals surface area contributed by atoms with E-state index in [0.717, 1.165) is 26.8 Å². The largest absolute Gasteiger partial charge is 0.466 e. The van der Waals surface area contributed by atoms with Gasteiger partial charge in [0.05, 0.1) is 23.6 Å². The molecule has 0 amide bonds. The highest BCUT2D eigenvalue weighted by atomic mass is 35.5. The van der Waals surface area contributed by atoms with Crippen LogP contribution in [0.3, 0.4) is 0 Å². The molecule has 0 radical (unpaired) electrons. The van der Waals surface area contributed by atoms with Gasteiger partial charge in [-0.15, -0.1) is 0 Å². The first kappa shape index (κ1) is 21.3. The Morgan fingerprint density at radius 3 is 2.45 bits per heavy atom. The Bertz CT molecular complexity index is 892. The molecule has 0 bridgehead atoms. The smallest absolute Gasteiger partial charge is 0.307 e. The van der Waals surface area contributed by atoms with Crippen molar-refractivity contribution in [1.29, 1.82) is 0 Å². The number of thiazole rings is 1. The number of carbonyl (C=O) groups excluding carboxylic acids is 1. The second-order valence-corrected chi connectivity index (χ2v) is 8.18. The first-order valence-corrected chi connectivity index (χ1v) is 10.7. The monoisotopic (exact) mass is 429 g/mol. The Balaban J connectivity index is 1.83. The standard InChI is InChI=1S/C22H24ClN3O2S/c1-4-28-19(27)13-15(3)25-26-22-24-20(16-9-11-18(23)12-10-16)21(29-22)17-7-5-14(2)6-8-17/h5-12,15,25H,4,13H2,1-3H3,(H,24,26). The van der Waals surface area contributed by atoms with E-state index >= 15 is 0 Å². The van der Waals surface area contributed by atoms with E-state index in [9.17, 15) is 4.79 Å². The van der Waals surface area contributed by atoms with Crippen LogP contribution in [-0.4, -0.2) is 23.6 Å². The summed E-state index contributed by atoms with van der Waals surface area (Å²) >= 11 is 7.60. The van der Waals surface area contributed by atoms with Crippen LogP contribution in [-0.2, 0) is 9.53 Å². The molecule has 3 aromatic rings. The number of ether oxygens (including phenoxy) is 1. The quantitative estimate of drug-likeness (QED) is 0.355. The fourth-order valence-corrected chi connectivity index (χ4v) is 3.86. The third-order valence-electron chi connectivity index (χ3n) is 4.26. The van der Waals surface area contributed by atoms with E-state index < -0.39 is 0 Å². The zero-order valence-electron chi connectivity index (χ0n) is 16.7. The minimum Gasteiger partial charge on any atom is -0.466 e. The van der Waals surface area contributed by atoms with Gasteiger partial charge in [-0.3, -0.25) is 10.2 Å². The topological polar surface area (TPSA) is 63.2 Å². The fourth-order valence-electron chi connectivity index (χ4n) is 2.78. The summed E-state index contributed by atoms with van der Waals surface area (Å²) in [6.07, 6.45) is 0.279. The normalized spacial score (nSPS) is 11.9. The summed E-state index contributed by atoms with van der Waals surface area (Å²) in [6, 6.07) is 15.9. The predicted molar refractivity (Wildman–Crippen MR) is 120 cm³/mol. The van der Waals surface area contributed by atoms with Gasteiger partial charge in [-0.25, -0.2) is 10.4 Å². The zero-order chi connectivity index (χ0) is 20.8. The molecule has 0 aliphatic heterocycles. The molecule has 1 aromatic heterocycles. The molecule has 2 aromatic carbocycles. The van der Waals surface area contributed by atoms with E-state index in [4.69, 9.17) is 21.3 Å². The second kappa shape index (κ2) is 9.87. The number of aryl methyl sites for hydroxylation is 1. The van der Waals surface area contributed by atoms with E-state index in [1.54, 1.807) is 18.3 Å². The maximum atomic E-state index is 11.6. The number of benzene rings is 2. The average molecular weight is 430 g/mol. The summed E-state index contributed by atoms with van der Waals surface area (Å²) in [5.41, 5.74) is 10.5. The Labute approximate surface area is 180 Å². The molecule has 0 aliphatic rings. The molecule has 0 spiro atoms. The number of carbonyl (C=O) groups is 1. The van der Waals surface area contributed by atoms with Gasteiger partial charge in [-0.05, 0) is 38.5 Å². The molecule has 0 fully saturated rings. The molecular formula is C22H24ClN3O2S. The molecule has 3 rings (SSSR count). The van der Waals surface area contributed by atoms with Crippen LogP contribution >= 0.6 is 22.9 Å². The average Bonchev–Trinajstić information content (AvgIpc) is 3.12. The number of halogens is 1. The van der Waals surface area contributed by atoms with Gasteiger partial charge in [0, 0.05) is 16.6 Å². The van der Waals surface area contributed by atoms with E-state index in [0.29, 0.717) is 11.6 Å². The van der Waals surface area contributed by atoms with Crippen LogP contribution in [0.15, 0.2) is 48.5 Å². The van der Waals surface area contributed by atoms with Crippen molar-refractivity contribution >= 4 is 34.0 Å². The summed E-state index contributed by atoms with van der Waals surface area (Å²) in [6.45, 7) is 6.17. The molecule has 152 valence electrons. The lowest BCUT2D eigenvalue weighted by Gasteiger charge is -2.13. The molecule has 5 nitrogen and oxygen atoms in total. The zero-order valence-corrected chi connectivity index (χ0v) is 18.2. The van der Waals surface area contributed by atoms with Gasteiger partial charge in [0.25, 0.3) is 0 Å². The molecule has 1 heterocycles. The van der Waals surface area contributed by atoms with Gasteiger partial charge < -0.3 is 4.74 Å². The van der Waals surface area contributed by atoms with Crippen molar-refractivity contribution in [2.75, 3.05) is 12.0 Å². The Hall–Kier alpha value is -2.41. The molecule has 1 atom stereocenters. The van der Waals surface area contributed by atoms with Gasteiger partial charge in [0.1, 0.15) is 0 Å². The van der Waals surface area contributed by atoms with E-state index in [2.05, 4.69) is 42.0 Å². The second-order valence-electron chi connectivity index (χ2n) is 6.75. The molecule has 29 heavy (non-hydrogen) atoms. The Kier molecular flexibility index (Phi) is 7.25. The maximum Gasteiger partial charge on any atom is 0.307 e. The number of anilines is 1. The minimum absolute atomic E-state index is 0.0974. The van der Waals surface area contributed by atoms with E-state index in [1.807, 2.05) is 31.2 Å². The summed E-state index contributed by atoms with van der Waals surface area (Å²) in [5, 5.41) is 1.41. The highest BCUT2D eigenvalue weighted by molar-refractivity contribution is 7.19. The lowest BCUT2D eigenvalue weighted by atomic mass is 10.1. The number of hydrazine groups is 1. The van der Waals surface area contributed by atoms with Crippen molar-refractivity contribution in [2.45, 2.75) is 33.2 Å². The van der Waals surface area contributed by atoms with E-state index in [1.165, 1.54) is 5.56 Å². The predicted octanol–water partition coefficient (Wildman–Crippen LogP) is 5.70. The third-order valence-corrected chi connectivity index (χ3v) is 5.53. The molecule has 0 saturated heterocycles. The number of nitrogens with one attached hydrogen (secondary N) is 2. The van der Waals surface area contributed by atoms with Crippen molar-refractivity contribution in [3.8, 4) is 21.7 Å². The van der Waals surface area contributed by atoms with Crippen LogP contribution in [0.2, 0.25) is 5.02 Å². The lowest BCUT2D eigenvalue weighted by Crippen LogP contribution is -2.33. The van der Waals surface area contributed by atoms with Crippen LogP contribution in [0.25, 0.3) is 21.7 Å². The van der Waals surface area contributed by atoms with Gasteiger partial charge in [-0.1, -0.05) is 64.9 Å². The number of aromatic nitrogens is 1. The van der Waals surface area contributed by atoms with Gasteiger partial charge in [0.2, 0.25) is 0 Å². The van der Waals surface area contributed by atoms with Crippen molar-refractivity contribution in [2.24, 2.45) is 0 Å². The summed E-state index contributed by atoms with van der Waals surface area (Å²) in [5.74, 6) is -0.226. The highest BCUT2D eigenvalue weighted by Gasteiger charge is 2.16. The maximum absolute atomic E-state index is 11.6. The molecule has 7 heteroatoms. The first-order valence-electron chi connectivity index (χ1n) is 9.47. The van der Waals surface area contributed by atoms with Crippen molar-refractivity contribution < 1.29 is 9.53 Å². The summed E-state index contributed by atoms with van der Waals surface area (Å²) in [7, 11) is 0. The highest BCUT2D eigenvalue weighted by Crippen LogP contribution is 2.39. The number of rotatable bonds is 8. The number of hydrogen-bond acceptors (Lipinski definition) is 6. The van der Waals surface area contributed by atoms with Crippen LogP contribution in [0.5, 0.6) is 0 Å². The first-order chi connectivity index (χ1) is 14.0. The van der Waals surface area contributed by atoms with Crippen LogP contribution in [0, 0.1) is 6.92 Å². The Morgan fingerprint density at radius 1 is 1.14 bits per heavy atom. The molecule has 0 aliphatic carbocycles. The van der Waals surface area contributed by atoms with E-state index in [-0.39, 0.29) is 18.4 Å². The number of esters is 1.